The van der Waals surface area contributed by atoms with Gasteiger partial charge in [0.1, 0.15) is 11.1 Å². The molecule has 1 aromatic rings. The van der Waals surface area contributed by atoms with Crippen molar-refractivity contribution < 1.29 is 14.7 Å². The number of para-hydroxylation sites is 1. The minimum atomic E-state index is -0.656. The number of anilines is 1. The van der Waals surface area contributed by atoms with Crippen LogP contribution in [0.25, 0.3) is 0 Å². The third kappa shape index (κ3) is 2.77. The Balaban J connectivity index is 1.57. The smallest absolute Gasteiger partial charge is 0.236 e. The predicted octanol–water partition coefficient (Wildman–Crippen LogP) is 2.48. The van der Waals surface area contributed by atoms with Crippen molar-refractivity contribution in [2.24, 2.45) is 11.8 Å². The SMILES string of the molecule is CC[C@H](O)[C@@H]1C(=O)N2C(C(=O)S)=C(C3CCN(c4ccccc4)C3)S[C@H]12. The van der Waals surface area contributed by atoms with E-state index in [1.54, 1.807) is 16.7 Å². The number of nitrogens with zero attached hydrogens (tertiary/aromatic N) is 2. The van der Waals surface area contributed by atoms with Crippen LogP contribution in [0, 0.1) is 11.8 Å². The van der Waals surface area contributed by atoms with Crippen molar-refractivity contribution in [2.75, 3.05) is 18.0 Å². The number of carbonyl (C=O) groups excluding carboxylic acids is 2. The van der Waals surface area contributed by atoms with Gasteiger partial charge in [0.25, 0.3) is 0 Å². The molecule has 7 heteroatoms. The molecule has 26 heavy (non-hydrogen) atoms. The quantitative estimate of drug-likeness (QED) is 0.598. The fourth-order valence-corrected chi connectivity index (χ4v) is 6.12. The molecule has 3 aliphatic rings. The van der Waals surface area contributed by atoms with E-state index in [0.29, 0.717) is 12.1 Å². The van der Waals surface area contributed by atoms with Crippen molar-refractivity contribution in [3.63, 3.8) is 0 Å². The van der Waals surface area contributed by atoms with Crippen LogP contribution >= 0.6 is 24.4 Å². The van der Waals surface area contributed by atoms with Crippen molar-refractivity contribution in [1.29, 1.82) is 0 Å². The Morgan fingerprint density at radius 2 is 2.12 bits per heavy atom. The second kappa shape index (κ2) is 6.94. The summed E-state index contributed by atoms with van der Waals surface area (Å²) in [6.45, 7) is 3.62. The lowest BCUT2D eigenvalue weighted by Crippen LogP contribution is -2.61. The van der Waals surface area contributed by atoms with Gasteiger partial charge < -0.3 is 10.0 Å². The molecule has 0 bridgehead atoms. The van der Waals surface area contributed by atoms with E-state index in [9.17, 15) is 14.7 Å². The first-order valence-corrected chi connectivity index (χ1v) is 10.3. The molecule has 0 saturated carbocycles. The molecule has 0 spiro atoms. The van der Waals surface area contributed by atoms with E-state index in [4.69, 9.17) is 0 Å². The highest BCUT2D eigenvalue weighted by atomic mass is 32.2. The summed E-state index contributed by atoms with van der Waals surface area (Å²) >= 11 is 5.61. The van der Waals surface area contributed by atoms with Gasteiger partial charge in [0, 0.05) is 29.6 Å². The van der Waals surface area contributed by atoms with Gasteiger partial charge in [-0.05, 0) is 25.0 Å². The highest BCUT2D eigenvalue weighted by Gasteiger charge is 2.58. The fourth-order valence-electron chi connectivity index (χ4n) is 4.11. The average molecular weight is 391 g/mol. The lowest BCUT2D eigenvalue weighted by Gasteiger charge is -2.44. The van der Waals surface area contributed by atoms with Crippen LogP contribution in [0.5, 0.6) is 0 Å². The van der Waals surface area contributed by atoms with Crippen molar-refractivity contribution in [1.82, 2.24) is 4.90 Å². The molecule has 0 aliphatic carbocycles. The summed E-state index contributed by atoms with van der Waals surface area (Å²) < 4.78 is 0. The molecule has 4 atom stereocenters. The van der Waals surface area contributed by atoms with Crippen LogP contribution < -0.4 is 4.90 Å². The topological polar surface area (TPSA) is 60.9 Å². The highest BCUT2D eigenvalue weighted by Crippen LogP contribution is 2.54. The van der Waals surface area contributed by atoms with Gasteiger partial charge in [-0.1, -0.05) is 37.8 Å². The molecule has 3 heterocycles. The van der Waals surface area contributed by atoms with Crippen LogP contribution in [0.3, 0.4) is 0 Å². The van der Waals surface area contributed by atoms with Crippen molar-refractivity contribution in [2.45, 2.75) is 31.2 Å². The second-order valence-corrected chi connectivity index (χ2v) is 8.57. The van der Waals surface area contributed by atoms with Crippen molar-refractivity contribution in [3.8, 4) is 0 Å². The second-order valence-electron chi connectivity index (χ2n) is 7.00. The molecule has 4 rings (SSSR count). The molecular weight excluding hydrogens is 368 g/mol. The van der Waals surface area contributed by atoms with E-state index < -0.39 is 12.0 Å². The van der Waals surface area contributed by atoms with E-state index in [1.165, 1.54) is 5.69 Å². The number of aliphatic hydroxyl groups excluding tert-OH is 1. The molecular formula is C19H22N2O3S2. The van der Waals surface area contributed by atoms with Crippen LogP contribution in [0.1, 0.15) is 19.8 Å². The molecule has 138 valence electrons. The van der Waals surface area contributed by atoms with Gasteiger partial charge in [0.2, 0.25) is 11.0 Å². The van der Waals surface area contributed by atoms with E-state index in [2.05, 4.69) is 29.7 Å². The van der Waals surface area contributed by atoms with Gasteiger partial charge in [-0.2, -0.15) is 0 Å². The molecule has 1 unspecified atom stereocenters. The zero-order valence-electron chi connectivity index (χ0n) is 14.5. The van der Waals surface area contributed by atoms with Crippen LogP contribution in [0.4, 0.5) is 5.69 Å². The number of β-lactam (4-membered cyclic amide) rings is 1. The predicted molar refractivity (Wildman–Crippen MR) is 106 cm³/mol. The van der Waals surface area contributed by atoms with Crippen LogP contribution in [0.2, 0.25) is 0 Å². The maximum Gasteiger partial charge on any atom is 0.236 e. The maximum atomic E-state index is 12.5. The Bertz CT molecular complexity index is 767. The number of aliphatic hydroxyl groups is 1. The monoisotopic (exact) mass is 390 g/mol. The highest BCUT2D eigenvalue weighted by molar-refractivity contribution is 8.04. The molecule has 2 saturated heterocycles. The summed E-state index contributed by atoms with van der Waals surface area (Å²) in [5, 5.41) is 9.65. The van der Waals surface area contributed by atoms with Crippen molar-refractivity contribution in [3.05, 3.63) is 40.9 Å². The number of rotatable bonds is 5. The normalized spacial score (nSPS) is 29.0. The van der Waals surface area contributed by atoms with Gasteiger partial charge in [-0.15, -0.1) is 11.8 Å². The third-order valence-corrected chi connectivity index (χ3v) is 7.26. The first-order valence-electron chi connectivity index (χ1n) is 8.98. The Labute approximate surface area is 162 Å². The number of thiol groups is 1. The van der Waals surface area contributed by atoms with Crippen molar-refractivity contribution >= 4 is 41.1 Å². The molecule has 1 amide bonds. The number of thioether (sulfide) groups is 1. The lowest BCUT2D eigenvalue weighted by atomic mass is 9.89. The average Bonchev–Trinajstić information content (AvgIpc) is 3.25. The first kappa shape index (κ1) is 17.9. The minimum Gasteiger partial charge on any atom is -0.392 e. The molecule has 5 nitrogen and oxygen atoms in total. The van der Waals surface area contributed by atoms with Gasteiger partial charge in [0.05, 0.1) is 12.0 Å². The van der Waals surface area contributed by atoms with Gasteiger partial charge in [-0.3, -0.25) is 14.5 Å². The largest absolute Gasteiger partial charge is 0.392 e. The summed E-state index contributed by atoms with van der Waals surface area (Å²) in [6.07, 6.45) is 0.819. The van der Waals surface area contributed by atoms with Gasteiger partial charge in [0.15, 0.2) is 0 Å². The number of hydrogen-bond donors (Lipinski definition) is 2. The summed E-state index contributed by atoms with van der Waals surface area (Å²) in [6, 6.07) is 10.2. The Morgan fingerprint density at radius 3 is 2.77 bits per heavy atom. The van der Waals surface area contributed by atoms with E-state index in [1.807, 2.05) is 25.1 Å². The van der Waals surface area contributed by atoms with E-state index >= 15 is 0 Å². The van der Waals surface area contributed by atoms with Crippen LogP contribution in [-0.4, -0.2) is 45.6 Å². The third-order valence-electron chi connectivity index (χ3n) is 5.52. The number of benzene rings is 1. The standard InChI is InChI=1S/C19H22N2O3S2/c1-2-13(22)14-17(23)21-15(19(24)25)16(26-18(14)21)11-8-9-20(10-11)12-6-4-3-5-7-12/h3-7,11,13-14,18,22H,2,8-10H2,1H3,(H,24,25)/t11?,13-,14+,18+/m0/s1. The fraction of sp³-hybridized carbons (Fsp3) is 0.474. The minimum absolute atomic E-state index is 0.151. The number of fused-ring (bicyclic) bond motifs is 1. The molecule has 0 radical (unpaired) electrons. The summed E-state index contributed by atoms with van der Waals surface area (Å²) in [4.78, 5) is 29.5. The molecule has 3 aliphatic heterocycles. The van der Waals surface area contributed by atoms with E-state index in [0.717, 1.165) is 24.4 Å². The zero-order valence-corrected chi connectivity index (χ0v) is 16.2. The molecule has 0 aromatic heterocycles. The van der Waals surface area contributed by atoms with Gasteiger partial charge in [-0.25, -0.2) is 0 Å². The number of carbonyl (C=O) groups is 2. The Morgan fingerprint density at radius 1 is 1.38 bits per heavy atom. The van der Waals surface area contributed by atoms with Gasteiger partial charge >= 0.3 is 0 Å². The lowest BCUT2D eigenvalue weighted by molar-refractivity contribution is -0.154. The van der Waals surface area contributed by atoms with Crippen LogP contribution in [-0.2, 0) is 9.59 Å². The summed E-state index contributed by atoms with van der Waals surface area (Å²) in [5.74, 6) is -0.358. The Hall–Kier alpha value is -1.44. The number of amides is 1. The summed E-state index contributed by atoms with van der Waals surface area (Å²) in [5.41, 5.74) is 1.61. The zero-order chi connectivity index (χ0) is 18.4. The first-order chi connectivity index (χ1) is 12.5. The molecule has 1 aromatic carbocycles. The molecule has 2 fully saturated rings. The maximum absolute atomic E-state index is 12.5. The van der Waals surface area contributed by atoms with Crippen LogP contribution in [0.15, 0.2) is 40.9 Å². The summed E-state index contributed by atoms with van der Waals surface area (Å²) in [7, 11) is 0. The van der Waals surface area contributed by atoms with E-state index in [-0.39, 0.29) is 22.3 Å². The Kier molecular flexibility index (Phi) is 4.79. The molecule has 1 N–H and O–H groups in total. The number of hydrogen-bond acceptors (Lipinski definition) is 5.